The van der Waals surface area contributed by atoms with Gasteiger partial charge in [-0.15, -0.1) is 0 Å². The van der Waals surface area contributed by atoms with Crippen molar-refractivity contribution >= 4 is 139 Å². The molecule has 0 aliphatic carbocycles. The quantitative estimate of drug-likeness (QED) is 0.0524. The van der Waals surface area contributed by atoms with E-state index in [1.54, 1.807) is 0 Å². The van der Waals surface area contributed by atoms with Gasteiger partial charge in [-0.2, -0.15) is 0 Å². The molecule has 0 rings (SSSR count). The monoisotopic (exact) mass is 996 g/mol. The maximum Gasteiger partial charge on any atom is 4.00 e. The molecule has 0 amide bonds. The Morgan fingerprint density at radius 1 is 0.717 bits per heavy atom. The summed E-state index contributed by atoms with van der Waals surface area (Å²) < 4.78 is 44.9. The second-order valence-corrected chi connectivity index (χ2v) is 14.7. The standard InChI is InChI=1S/C20H38O7S.4CH3NS2.Na.W/c1-5-9-11-16(7-3)14-26-19(21)13-18(28(23,24)25)20(22)27-15-17(8-4)12-10-6-2;4*2-1(3)4;;/h16-18H,5-15H2,1-4H3,(H,23,24,25);4*(H3,2,3,4);;/q;;;;;+1;+4/p-5. The van der Waals surface area contributed by atoms with Crippen LogP contribution in [0.5, 0.6) is 0 Å². The zero-order chi connectivity index (χ0) is 35.9. The van der Waals surface area contributed by atoms with Crippen LogP contribution < -0.4 is 52.5 Å². The van der Waals surface area contributed by atoms with E-state index in [-0.39, 0.29) is 93.0 Å². The summed E-state index contributed by atoms with van der Waals surface area (Å²) in [5, 5.41) is -2.06. The smallest absolute Gasteiger partial charge is 0.747 e. The van der Waals surface area contributed by atoms with Gasteiger partial charge >= 0.3 is 62.6 Å². The third kappa shape index (κ3) is 63.6. The molecule has 0 saturated carbocycles. The fourth-order valence-corrected chi connectivity index (χ4v) is 3.46. The normalized spacial score (nSPS) is 11.2. The first-order valence-corrected chi connectivity index (χ1v) is 18.0. The van der Waals surface area contributed by atoms with Crippen molar-refractivity contribution < 1.29 is 82.7 Å². The second kappa shape index (κ2) is 42.1. The van der Waals surface area contributed by atoms with E-state index in [1.807, 2.05) is 13.8 Å². The molecule has 8 N–H and O–H groups in total. The van der Waals surface area contributed by atoms with Crippen LogP contribution in [-0.4, -0.2) is 60.7 Å². The minimum absolute atomic E-state index is 0. The number of carbonyl (C=O) groups is 2. The molecule has 11 nitrogen and oxygen atoms in total. The number of hydrogen-bond donors (Lipinski definition) is 4. The summed E-state index contributed by atoms with van der Waals surface area (Å²) in [6.07, 6.45) is 6.58. The van der Waals surface area contributed by atoms with Crippen molar-refractivity contribution in [2.24, 2.45) is 34.8 Å². The molecule has 3 unspecified atom stereocenters. The minimum atomic E-state index is -5.01. The molecule has 46 heavy (non-hydrogen) atoms. The van der Waals surface area contributed by atoms with Crippen LogP contribution in [0.4, 0.5) is 0 Å². The second-order valence-electron chi connectivity index (χ2n) is 8.61. The fraction of sp³-hybridized carbons (Fsp3) is 0.750. The van der Waals surface area contributed by atoms with Gasteiger partial charge in [-0.1, -0.05) is 83.5 Å². The summed E-state index contributed by atoms with van der Waals surface area (Å²) in [5.41, 5.74) is 18.6. The first-order chi connectivity index (χ1) is 20.1. The van der Waals surface area contributed by atoms with Gasteiger partial charge in [0.25, 0.3) is 0 Å². The molecule has 0 spiro atoms. The summed E-state index contributed by atoms with van der Waals surface area (Å²) >= 11 is 33.0. The van der Waals surface area contributed by atoms with Crippen molar-refractivity contribution in [1.82, 2.24) is 0 Å². The topological polar surface area (TPSA) is 214 Å². The van der Waals surface area contributed by atoms with Gasteiger partial charge in [-0.05, 0) is 24.7 Å². The zero-order valence-electron chi connectivity index (χ0n) is 26.8. The van der Waals surface area contributed by atoms with E-state index < -0.39 is 33.7 Å². The summed E-state index contributed by atoms with van der Waals surface area (Å²) in [5.74, 6) is -1.74. The first kappa shape index (κ1) is 62.1. The molecule has 0 aromatic heterocycles. The molecule has 0 radical (unpaired) electrons. The predicted molar refractivity (Wildman–Crippen MR) is 203 cm³/mol. The summed E-state index contributed by atoms with van der Waals surface area (Å²) in [4.78, 5) is 24.1. The van der Waals surface area contributed by atoms with Gasteiger partial charge < -0.3 is 136 Å². The molecule has 0 fully saturated rings. The molecule has 3 atom stereocenters. The van der Waals surface area contributed by atoms with E-state index in [0.29, 0.717) is 0 Å². The van der Waals surface area contributed by atoms with Crippen LogP contribution in [0, 0.1) is 11.8 Å². The van der Waals surface area contributed by atoms with Gasteiger partial charge in [-0.25, -0.2) is 8.42 Å². The largest absolute Gasteiger partial charge is 4.00 e. The van der Waals surface area contributed by atoms with Crippen molar-refractivity contribution in [1.29, 1.82) is 0 Å². The number of unbranched alkanes of at least 4 members (excludes halogenated alkanes) is 2. The Balaban J connectivity index is -0.000000139. The molecule has 264 valence electrons. The van der Waals surface area contributed by atoms with Crippen LogP contribution in [0.3, 0.4) is 0 Å². The van der Waals surface area contributed by atoms with Crippen LogP contribution in [-0.2, 0) is 101 Å². The SMILES string of the molecule is CCCCC(CC)COC(=O)CC(C(=O)OCC(CC)CCCC)S(=O)(=O)[O-].NC(=S)[S-].NC(=S)[S-].NC(=S)[S-].NC(=S)[S-].[Na+].[W+4]. The number of ether oxygens (including phenoxy) is 2. The maximum absolute atomic E-state index is 12.1. The molecule has 0 aromatic rings. The summed E-state index contributed by atoms with van der Waals surface area (Å²) in [6, 6.07) is 0. The average Bonchev–Trinajstić information content (AvgIpc) is 2.85. The van der Waals surface area contributed by atoms with Crippen LogP contribution in [0.1, 0.15) is 85.5 Å². The third-order valence-electron chi connectivity index (χ3n) is 4.99. The summed E-state index contributed by atoms with van der Waals surface area (Å²) in [7, 11) is -5.01. The van der Waals surface area contributed by atoms with Gasteiger partial charge in [0.05, 0.1) is 19.6 Å². The molecular formula is C24H45N4NaO7S9W. The Kier molecular flexibility index (Phi) is 56.9. The van der Waals surface area contributed by atoms with E-state index in [9.17, 15) is 22.6 Å². The minimum Gasteiger partial charge on any atom is -0.747 e. The molecule has 0 bridgehead atoms. The van der Waals surface area contributed by atoms with Gasteiger partial charge in [-0.3, -0.25) is 9.59 Å². The fourth-order valence-electron chi connectivity index (χ4n) is 2.81. The number of carbonyl (C=O) groups excluding carboxylic acids is 2. The van der Waals surface area contributed by atoms with E-state index in [2.05, 4.69) is 136 Å². The molecule has 0 aromatic carbocycles. The molecule has 0 heterocycles. The summed E-state index contributed by atoms with van der Waals surface area (Å²) in [6.45, 7) is 8.26. The van der Waals surface area contributed by atoms with Crippen molar-refractivity contribution in [3.05, 3.63) is 0 Å². The number of hydrogen-bond acceptors (Lipinski definition) is 15. The Morgan fingerprint density at radius 3 is 1.24 bits per heavy atom. The Hall–Kier alpha value is 0.978. The number of thiocarbonyl (C=S) groups is 4. The third-order valence-corrected chi connectivity index (χ3v) is 6.05. The number of nitrogens with two attached hydrogens (primary N) is 4. The number of esters is 2. The van der Waals surface area contributed by atoms with E-state index in [4.69, 9.17) is 9.47 Å². The molecule has 0 saturated heterocycles. The van der Waals surface area contributed by atoms with Crippen LogP contribution in [0.25, 0.3) is 0 Å². The van der Waals surface area contributed by atoms with Crippen LogP contribution in [0.2, 0.25) is 0 Å². The maximum atomic E-state index is 12.1. The van der Waals surface area contributed by atoms with Crippen molar-refractivity contribution in [2.75, 3.05) is 13.2 Å². The van der Waals surface area contributed by atoms with Gasteiger partial charge in [0.1, 0.15) is 10.1 Å². The molecule has 22 heteroatoms. The molecule has 0 aliphatic rings. The predicted octanol–water partition coefficient (Wildman–Crippen LogP) is -0.0814. The first-order valence-electron chi connectivity index (χ1n) is 13.2. The zero-order valence-corrected chi connectivity index (χ0v) is 39.0. The van der Waals surface area contributed by atoms with Crippen molar-refractivity contribution in [3.8, 4) is 0 Å². The van der Waals surface area contributed by atoms with E-state index in [0.717, 1.165) is 51.4 Å². The Bertz CT molecular complexity index is 878. The Morgan fingerprint density at radius 2 is 1.00 bits per heavy atom. The van der Waals surface area contributed by atoms with E-state index >= 15 is 0 Å². The average molecular weight is 997 g/mol. The molecular weight excluding hydrogens is 952 g/mol. The van der Waals surface area contributed by atoms with Gasteiger partial charge in [0, 0.05) is 0 Å². The van der Waals surface area contributed by atoms with Crippen molar-refractivity contribution in [3.63, 3.8) is 0 Å². The number of rotatable bonds is 16. The van der Waals surface area contributed by atoms with Crippen LogP contribution >= 0.6 is 48.9 Å². The molecule has 0 aliphatic heterocycles. The van der Waals surface area contributed by atoms with Crippen molar-refractivity contribution in [2.45, 2.75) is 90.7 Å². The van der Waals surface area contributed by atoms with Gasteiger partial charge in [0.2, 0.25) is 0 Å². The van der Waals surface area contributed by atoms with Gasteiger partial charge in [0.15, 0.2) is 5.25 Å². The Labute approximate surface area is 356 Å². The van der Waals surface area contributed by atoms with Crippen LogP contribution in [0.15, 0.2) is 0 Å². The van der Waals surface area contributed by atoms with E-state index in [1.165, 1.54) is 0 Å².